The summed E-state index contributed by atoms with van der Waals surface area (Å²) in [5.41, 5.74) is 12.4. The van der Waals surface area contributed by atoms with Crippen LogP contribution in [0.15, 0.2) is 165 Å². The molecule has 0 aliphatic carbocycles. The number of benzene rings is 7. The molecule has 0 aliphatic rings. The number of carbonyl (C=O) groups excluding carboxylic acids is 1. The largest absolute Gasteiger partial charge is 1.00 e. The summed E-state index contributed by atoms with van der Waals surface area (Å²) in [5.74, 6) is 3.03. The number of ether oxygens (including phenoxy) is 8. The monoisotopic (exact) mass is 2090 g/mol. The number of hydrogen-bond donors (Lipinski definition) is 4. The maximum Gasteiger partial charge on any atom is 1.00 e. The number of nitro groups is 1. The zero-order chi connectivity index (χ0) is 101. The Morgan fingerprint density at radius 1 is 0.446 bits per heavy atom. The molecule has 0 saturated carbocycles. The first-order chi connectivity index (χ1) is 65.2. The molecule has 0 atom stereocenters. The number of rotatable bonds is 23. The summed E-state index contributed by atoms with van der Waals surface area (Å²) < 4.78 is 71.2. The number of anilines is 7. The van der Waals surface area contributed by atoms with E-state index in [4.69, 9.17) is 136 Å². The Kier molecular flexibility index (Phi) is 36.0. The first kappa shape index (κ1) is 109. The second-order valence-electron chi connectivity index (χ2n) is 31.2. The molecule has 7 aromatic carbocycles. The second kappa shape index (κ2) is 45.9. The van der Waals surface area contributed by atoms with Crippen LogP contribution in [-0.4, -0.2) is 146 Å². The number of fused-ring (bicyclic) bond motifs is 4. The number of nitrogen functional groups attached to an aromatic ring is 1. The zero-order valence-electron chi connectivity index (χ0n) is 78.3. The van der Waals surface area contributed by atoms with Gasteiger partial charge in [0.2, 0.25) is 32.8 Å². The number of aromatic nitrogens is 12. The minimum atomic E-state index is -3.63. The van der Waals surface area contributed by atoms with Crippen LogP contribution in [0.4, 0.5) is 46.3 Å². The van der Waals surface area contributed by atoms with Gasteiger partial charge in [-0.25, -0.2) is 28.4 Å². The fourth-order valence-corrected chi connectivity index (χ4v) is 17.3. The molecule has 0 radical (unpaired) electrons. The van der Waals surface area contributed by atoms with E-state index < -0.39 is 31.5 Å². The van der Waals surface area contributed by atoms with Gasteiger partial charge in [-0.3, -0.25) is 52.4 Å². The van der Waals surface area contributed by atoms with Crippen LogP contribution in [0.2, 0.25) is 40.2 Å². The molecule has 8 heterocycles. The van der Waals surface area contributed by atoms with Crippen LogP contribution in [0.1, 0.15) is 43.0 Å². The average molecular weight is 2100 g/mol. The fraction of sp³-hybridized carbons (Fsp3) is 0.223. The van der Waals surface area contributed by atoms with Crippen molar-refractivity contribution in [1.82, 2.24) is 58.1 Å². The molecule has 0 spiro atoms. The molecule has 15 aromatic rings. The number of carbonyl (C=O) groups is 1. The Morgan fingerprint density at radius 3 is 0.986 bits per heavy atom. The van der Waals surface area contributed by atoms with E-state index in [1.807, 2.05) is 44.2 Å². The normalized spacial score (nSPS) is 11.0. The third-order valence-electron chi connectivity index (χ3n) is 20.9. The average Bonchev–Trinajstić information content (AvgIpc) is 0.781. The van der Waals surface area contributed by atoms with Gasteiger partial charge in [-0.15, -0.1) is 5.60 Å². The summed E-state index contributed by atoms with van der Waals surface area (Å²) in [6, 6.07) is 28.5. The number of para-hydroxylation sites is 3. The Hall–Kier alpha value is -12.0. The van der Waals surface area contributed by atoms with Crippen molar-refractivity contribution in [3.63, 3.8) is 0 Å². The van der Waals surface area contributed by atoms with Gasteiger partial charge in [0.15, 0.2) is 5.78 Å². The van der Waals surface area contributed by atoms with Crippen molar-refractivity contribution < 1.29 is 113 Å². The van der Waals surface area contributed by atoms with E-state index in [1.165, 1.54) is 125 Å². The molecule has 0 amide bonds. The SMILES string of the molecule is C=CC(=O)Cc1cccc(C)c1Nc1ncc2cc(-c3c(Cl)c(OC)cc(OC)c3Cl)c(=O)n(C)c2n1.CC(C)(C)[O-].COc1cc(OC)c(Cl)c(-c2cc3cnc(Nc4c(C)cccc4N)nc3n(C)c2=O)c1Cl.COc1cc(OC)c(Cl)c(-c2cc3cnc(Nc4c(C)cccc4[N+](=O)[O-])nc3n(C)c2=O)c1Cl.COc1cc(OC)c(Cl)c(-c2cc3cnc(S(C)(=O)=O)nc3n(C)c2=O)c1Cl.[K+]. The third-order valence-corrected chi connectivity index (χ3v) is 24.8. The van der Waals surface area contributed by atoms with E-state index in [-0.39, 0.29) is 194 Å². The number of nitrogens with one attached hydrogen (secondary N) is 3. The molecule has 8 aromatic heterocycles. The third kappa shape index (κ3) is 23.7. The van der Waals surface area contributed by atoms with Crippen LogP contribution in [0.25, 0.3) is 88.6 Å². The molecule has 0 saturated heterocycles. The number of allylic oxidation sites excluding steroid dienone is 1. The summed E-state index contributed by atoms with van der Waals surface area (Å²) in [4.78, 5) is 111. The number of nitro benzene ring substituents is 1. The number of halogens is 8. The first-order valence-electron chi connectivity index (χ1n) is 40.7. The van der Waals surface area contributed by atoms with Gasteiger partial charge in [-0.2, -0.15) is 19.9 Å². The smallest absolute Gasteiger partial charge is 0.850 e. The van der Waals surface area contributed by atoms with Crippen LogP contribution < -0.4 is 138 Å². The van der Waals surface area contributed by atoms with Crippen molar-refractivity contribution >= 4 is 199 Å². The van der Waals surface area contributed by atoms with Gasteiger partial charge in [0.25, 0.3) is 27.9 Å². The van der Waals surface area contributed by atoms with E-state index in [2.05, 4.69) is 62.4 Å². The van der Waals surface area contributed by atoms with Crippen molar-refractivity contribution in [3.8, 4) is 90.5 Å². The summed E-state index contributed by atoms with van der Waals surface area (Å²) in [5, 5.41) is 33.9. The molecule has 45 heteroatoms. The zero-order valence-corrected chi connectivity index (χ0v) is 88.3. The van der Waals surface area contributed by atoms with Crippen molar-refractivity contribution in [2.75, 3.05) is 84.8 Å². The van der Waals surface area contributed by atoms with Crippen LogP contribution in [0.5, 0.6) is 46.0 Å². The van der Waals surface area contributed by atoms with Gasteiger partial charge in [0.1, 0.15) is 74.3 Å². The molecular weight excluding hydrogens is 2010 g/mol. The van der Waals surface area contributed by atoms with Crippen molar-refractivity contribution in [2.24, 2.45) is 28.2 Å². The van der Waals surface area contributed by atoms with E-state index in [0.29, 0.717) is 107 Å². The minimum absolute atomic E-state index is 0. The molecule has 0 unspecified atom stereocenters. The maximum absolute atomic E-state index is 13.5. The second-order valence-corrected chi connectivity index (χ2v) is 36.1. The predicted octanol–water partition coefficient (Wildman–Crippen LogP) is 15.8. The van der Waals surface area contributed by atoms with Gasteiger partial charge in [0, 0.05) is 145 Å². The number of pyridine rings is 4. The van der Waals surface area contributed by atoms with Gasteiger partial charge in [-0.1, -0.05) is 163 Å². The number of nitrogens with two attached hydrogens (primary N) is 1. The van der Waals surface area contributed by atoms with E-state index in [0.717, 1.165) is 28.6 Å². The molecule has 35 nitrogen and oxygen atoms in total. The van der Waals surface area contributed by atoms with E-state index in [9.17, 15) is 47.6 Å². The van der Waals surface area contributed by atoms with Crippen LogP contribution in [0, 0.1) is 30.9 Å². The van der Waals surface area contributed by atoms with Crippen LogP contribution in [-0.2, 0) is 49.2 Å². The molecule has 139 heavy (non-hydrogen) atoms. The molecule has 720 valence electrons. The summed E-state index contributed by atoms with van der Waals surface area (Å²) in [6.45, 7) is 14.0. The van der Waals surface area contributed by atoms with Crippen LogP contribution >= 0.6 is 92.8 Å². The van der Waals surface area contributed by atoms with Crippen molar-refractivity contribution in [2.45, 2.75) is 58.7 Å². The number of ketones is 1. The Morgan fingerprint density at radius 2 is 0.705 bits per heavy atom. The summed E-state index contributed by atoms with van der Waals surface area (Å²) in [7, 11) is 14.2. The van der Waals surface area contributed by atoms with E-state index >= 15 is 0 Å². The fourth-order valence-electron chi connectivity index (χ4n) is 14.0. The predicted molar refractivity (Wildman–Crippen MR) is 540 cm³/mol. The summed E-state index contributed by atoms with van der Waals surface area (Å²) in [6.07, 6.45) is 8.50. The van der Waals surface area contributed by atoms with Crippen LogP contribution in [0.3, 0.4) is 0 Å². The van der Waals surface area contributed by atoms with Crippen molar-refractivity contribution in [1.29, 1.82) is 0 Å². The Labute approximate surface area is 877 Å². The van der Waals surface area contributed by atoms with Crippen molar-refractivity contribution in [3.05, 3.63) is 255 Å². The summed E-state index contributed by atoms with van der Waals surface area (Å²) >= 11 is 52.0. The number of hydrogen-bond acceptors (Lipinski definition) is 30. The Bertz CT molecular complexity index is 7670. The number of aryl methyl sites for hydroxylation is 7. The topological polar surface area (TPSA) is 444 Å². The standard InChI is InChI=1S/C27H24Cl2N4O4.C23H19Cl2N5O5.C23H21Cl2N5O3.C17H15Cl2N3O5S.C4H9O.K/c1-6-17(34)10-15-9-7-8-14(2)24(15)31-27-30-13-16-11-18(26(35)33(3)25(16)32-27)21-22(28)19(36-4)12-20(37-5)23(21)29;1-11-6-5-7-14(30(32)33)20(11)27-23-26-10-12-8-13(22(31)29(2)21(12)28-23)17-18(24)15(34-3)9-16(35-4)19(17)25;1-11-6-5-7-14(26)20(11)28-23-27-10-12-8-13(22(31)30(2)21(12)29-23)17-18(24)15(32-3)9-16(33-4)19(17)25;1-22-15-8(7-20-17(21-15)28(4,24)25)5-9(16(22)23)12-13(18)10(26-2)6-11(27-3)14(12)19;1-4(2,3)5;/h6-9,11-13H,1,10H2,2-5H3,(H,30,31,32);5-10H,1-4H3,(H,26,27,28);5-10H,26H2,1-4H3,(H,27,28,29);5-7H,1-4H3;1-3H3;/q;;;;-1;+1. The maximum atomic E-state index is 13.5. The Balaban J connectivity index is 0.000000188. The van der Waals surface area contributed by atoms with Gasteiger partial charge < -0.3 is 64.7 Å². The quantitative estimate of drug-likeness (QED) is 0.0115. The molecule has 5 N–H and O–H groups in total. The molecule has 0 fully saturated rings. The number of sulfone groups is 1. The molecular formula is C94H88Cl8KN17O18S. The van der Waals surface area contributed by atoms with E-state index in [1.54, 1.807) is 110 Å². The minimum Gasteiger partial charge on any atom is -0.850 e. The van der Waals surface area contributed by atoms with Gasteiger partial charge in [0.05, 0.1) is 136 Å². The number of methoxy groups -OCH3 is 8. The van der Waals surface area contributed by atoms with Gasteiger partial charge >= 0.3 is 51.4 Å². The van der Waals surface area contributed by atoms with Gasteiger partial charge in [-0.05, 0) is 79.4 Å². The number of nitrogens with zero attached hydrogens (tertiary/aromatic N) is 13. The molecule has 15 rings (SSSR count). The first-order valence-corrected chi connectivity index (χ1v) is 45.6. The molecule has 0 bridgehead atoms. The molecule has 0 aliphatic heterocycles.